The molecule has 1 aliphatic rings. The van der Waals surface area contributed by atoms with Gasteiger partial charge in [0, 0.05) is 13.1 Å². The van der Waals surface area contributed by atoms with E-state index in [0.29, 0.717) is 24.4 Å². The second-order valence-corrected chi connectivity index (χ2v) is 7.09. The smallest absolute Gasteiger partial charge is 0.313 e. The molecule has 130 valence electrons. The van der Waals surface area contributed by atoms with Crippen LogP contribution in [0.1, 0.15) is 6.42 Å². The van der Waals surface area contributed by atoms with Gasteiger partial charge in [-0.1, -0.05) is 6.08 Å². The number of hydrogen-bond donors (Lipinski definition) is 2. The fourth-order valence-corrected chi connectivity index (χ4v) is 3.86. The zero-order valence-electron chi connectivity index (χ0n) is 13.2. The maximum Gasteiger partial charge on any atom is 0.313 e. The molecule has 24 heavy (non-hydrogen) atoms. The number of rotatable bonds is 5. The maximum atomic E-state index is 12.0. The van der Waals surface area contributed by atoms with E-state index in [1.807, 2.05) is 0 Å². The van der Waals surface area contributed by atoms with Gasteiger partial charge in [0.05, 0.1) is 24.2 Å². The molecule has 2 N–H and O–H groups in total. The number of benzene rings is 1. The van der Waals surface area contributed by atoms with Crippen LogP contribution in [0.25, 0.3) is 0 Å². The Bertz CT molecular complexity index is 760. The summed E-state index contributed by atoms with van der Waals surface area (Å²) in [6.07, 6.45) is 1.99. The van der Waals surface area contributed by atoms with Crippen molar-refractivity contribution in [2.24, 2.45) is 0 Å². The minimum absolute atomic E-state index is 0.0880. The lowest BCUT2D eigenvalue weighted by atomic mass is 10.2. The first-order valence-electron chi connectivity index (χ1n) is 7.27. The third-order valence-corrected chi connectivity index (χ3v) is 5.30. The molecule has 8 nitrogen and oxygen atoms in total. The Morgan fingerprint density at radius 3 is 2.71 bits per heavy atom. The Hall–Kier alpha value is -2.55. The topological polar surface area (TPSA) is 105 Å². The van der Waals surface area contributed by atoms with E-state index in [2.05, 4.69) is 17.2 Å². The predicted molar refractivity (Wildman–Crippen MR) is 90.6 cm³/mol. The highest BCUT2D eigenvalue weighted by atomic mass is 32.2. The van der Waals surface area contributed by atoms with Crippen molar-refractivity contribution in [3.8, 4) is 5.75 Å². The first kappa shape index (κ1) is 17.8. The van der Waals surface area contributed by atoms with Gasteiger partial charge in [-0.2, -0.15) is 0 Å². The molecule has 1 saturated heterocycles. The Balaban J connectivity index is 2.25. The fourth-order valence-electron chi connectivity index (χ4n) is 2.30. The lowest BCUT2D eigenvalue weighted by Crippen LogP contribution is -2.35. The highest BCUT2D eigenvalue weighted by Crippen LogP contribution is 2.32. The average Bonchev–Trinajstić information content (AvgIpc) is 2.91. The molecule has 0 saturated carbocycles. The monoisotopic (exact) mass is 353 g/mol. The van der Waals surface area contributed by atoms with Gasteiger partial charge in [0.1, 0.15) is 5.75 Å². The molecule has 0 spiro atoms. The molecular formula is C15H19N3O5S. The average molecular weight is 353 g/mol. The van der Waals surface area contributed by atoms with Crippen LogP contribution in [0, 0.1) is 0 Å². The van der Waals surface area contributed by atoms with Crippen molar-refractivity contribution in [1.82, 2.24) is 5.32 Å². The molecule has 0 unspecified atom stereocenters. The van der Waals surface area contributed by atoms with Gasteiger partial charge in [-0.05, 0) is 24.6 Å². The van der Waals surface area contributed by atoms with Crippen LogP contribution >= 0.6 is 0 Å². The molecule has 1 heterocycles. The summed E-state index contributed by atoms with van der Waals surface area (Å²) in [7, 11) is -1.93. The van der Waals surface area contributed by atoms with Gasteiger partial charge in [0.25, 0.3) is 0 Å². The van der Waals surface area contributed by atoms with Gasteiger partial charge in [-0.15, -0.1) is 6.58 Å². The van der Waals surface area contributed by atoms with Crippen LogP contribution in [0.15, 0.2) is 30.9 Å². The summed E-state index contributed by atoms with van der Waals surface area (Å²) in [6.45, 7) is 3.98. The predicted octanol–water partition coefficient (Wildman–Crippen LogP) is 0.476. The first-order valence-corrected chi connectivity index (χ1v) is 8.88. The molecule has 0 atom stereocenters. The van der Waals surface area contributed by atoms with Crippen molar-refractivity contribution in [2.75, 3.05) is 35.6 Å². The van der Waals surface area contributed by atoms with Crippen LogP contribution < -0.4 is 19.7 Å². The summed E-state index contributed by atoms with van der Waals surface area (Å²) in [4.78, 5) is 23.5. The van der Waals surface area contributed by atoms with Gasteiger partial charge in [0.2, 0.25) is 10.0 Å². The molecule has 0 bridgehead atoms. The molecule has 1 aliphatic heterocycles. The lowest BCUT2D eigenvalue weighted by Gasteiger charge is -2.19. The van der Waals surface area contributed by atoms with E-state index >= 15 is 0 Å². The molecule has 2 rings (SSSR count). The number of methoxy groups -OCH3 is 1. The summed E-state index contributed by atoms with van der Waals surface area (Å²) in [5.41, 5.74) is 0.631. The van der Waals surface area contributed by atoms with Crippen LogP contribution in [0.3, 0.4) is 0 Å². The number of carbonyl (C=O) groups excluding carboxylic acids is 2. The summed E-state index contributed by atoms with van der Waals surface area (Å²) in [5, 5.41) is 4.79. The van der Waals surface area contributed by atoms with Crippen molar-refractivity contribution in [2.45, 2.75) is 6.42 Å². The van der Waals surface area contributed by atoms with E-state index in [9.17, 15) is 18.0 Å². The van der Waals surface area contributed by atoms with E-state index < -0.39 is 21.8 Å². The zero-order chi connectivity index (χ0) is 17.7. The van der Waals surface area contributed by atoms with Gasteiger partial charge in [-0.25, -0.2) is 8.42 Å². The number of ether oxygens (including phenoxy) is 1. The molecule has 0 aromatic heterocycles. The first-order chi connectivity index (χ1) is 11.4. The van der Waals surface area contributed by atoms with Gasteiger partial charge in [0.15, 0.2) is 0 Å². The minimum Gasteiger partial charge on any atom is -0.495 e. The number of nitrogens with zero attached hydrogens (tertiary/aromatic N) is 1. The van der Waals surface area contributed by atoms with Gasteiger partial charge < -0.3 is 15.4 Å². The van der Waals surface area contributed by atoms with Crippen LogP contribution in [0.4, 0.5) is 11.4 Å². The minimum atomic E-state index is -3.34. The van der Waals surface area contributed by atoms with Gasteiger partial charge >= 0.3 is 11.8 Å². The summed E-state index contributed by atoms with van der Waals surface area (Å²) < 4.78 is 30.4. The highest BCUT2D eigenvalue weighted by molar-refractivity contribution is 7.93. The van der Waals surface area contributed by atoms with Crippen LogP contribution in [0.2, 0.25) is 0 Å². The van der Waals surface area contributed by atoms with Crippen molar-refractivity contribution < 1.29 is 22.7 Å². The number of carbonyl (C=O) groups is 2. The van der Waals surface area contributed by atoms with Gasteiger partial charge in [-0.3, -0.25) is 13.9 Å². The molecule has 1 aromatic carbocycles. The Morgan fingerprint density at radius 2 is 2.12 bits per heavy atom. The lowest BCUT2D eigenvalue weighted by molar-refractivity contribution is -0.136. The van der Waals surface area contributed by atoms with E-state index in [1.165, 1.54) is 23.6 Å². The van der Waals surface area contributed by atoms with E-state index in [4.69, 9.17) is 4.74 Å². The number of nitrogens with one attached hydrogen (secondary N) is 2. The molecular weight excluding hydrogens is 334 g/mol. The van der Waals surface area contributed by atoms with Crippen LogP contribution in [0.5, 0.6) is 5.75 Å². The standard InChI is InChI=1S/C15H19N3O5S/c1-3-7-16-14(19)15(20)17-12-10-11(5-6-13(12)23-2)18-8-4-9-24(18,21)22/h3,5-6,10H,1,4,7-9H2,2H3,(H,16,19)(H,17,20). The Kier molecular flexibility index (Phi) is 5.45. The van der Waals surface area contributed by atoms with Crippen LogP contribution in [-0.2, 0) is 19.6 Å². The van der Waals surface area contributed by atoms with Crippen molar-refractivity contribution in [1.29, 1.82) is 0 Å². The van der Waals surface area contributed by atoms with E-state index in [0.717, 1.165) is 0 Å². The molecule has 9 heteroatoms. The van der Waals surface area contributed by atoms with Crippen molar-refractivity contribution in [3.05, 3.63) is 30.9 Å². The molecule has 2 amide bonds. The quantitative estimate of drug-likeness (QED) is 0.592. The SMILES string of the molecule is C=CCNC(=O)C(=O)Nc1cc(N2CCCS2(=O)=O)ccc1OC. The normalized spacial score (nSPS) is 15.6. The number of anilines is 2. The summed E-state index contributed by atoms with van der Waals surface area (Å²) in [5.74, 6) is -1.29. The largest absolute Gasteiger partial charge is 0.495 e. The molecule has 1 aromatic rings. The van der Waals surface area contributed by atoms with E-state index in [-0.39, 0.29) is 18.0 Å². The molecule has 0 aliphatic carbocycles. The number of sulfonamides is 1. The summed E-state index contributed by atoms with van der Waals surface area (Å²) in [6, 6.07) is 4.61. The highest BCUT2D eigenvalue weighted by Gasteiger charge is 2.29. The number of amides is 2. The van der Waals surface area contributed by atoms with E-state index in [1.54, 1.807) is 12.1 Å². The zero-order valence-corrected chi connectivity index (χ0v) is 14.1. The van der Waals surface area contributed by atoms with Crippen molar-refractivity contribution in [3.63, 3.8) is 0 Å². The van der Waals surface area contributed by atoms with Crippen molar-refractivity contribution >= 4 is 33.2 Å². The summed E-state index contributed by atoms with van der Waals surface area (Å²) >= 11 is 0. The third kappa shape index (κ3) is 3.85. The number of hydrogen-bond acceptors (Lipinski definition) is 5. The third-order valence-electron chi connectivity index (χ3n) is 3.43. The molecule has 1 fully saturated rings. The Labute approximate surface area is 140 Å². The Morgan fingerprint density at radius 1 is 1.38 bits per heavy atom. The second-order valence-electron chi connectivity index (χ2n) is 5.08. The maximum absolute atomic E-state index is 12.0. The molecule has 0 radical (unpaired) electrons. The van der Waals surface area contributed by atoms with Crippen LogP contribution in [-0.4, -0.2) is 46.2 Å². The fraction of sp³-hybridized carbons (Fsp3) is 0.333. The second kappa shape index (κ2) is 7.35.